The van der Waals surface area contributed by atoms with E-state index in [-0.39, 0.29) is 0 Å². The number of ether oxygens (including phenoxy) is 1. The average Bonchev–Trinajstić information content (AvgIpc) is 2.62. The van der Waals surface area contributed by atoms with Gasteiger partial charge in [-0.25, -0.2) is 0 Å². The summed E-state index contributed by atoms with van der Waals surface area (Å²) in [6, 6.07) is 0. The highest BCUT2D eigenvalue weighted by atomic mass is 16.5. The monoisotopic (exact) mass is 191 g/mol. The van der Waals surface area contributed by atoms with E-state index in [1.54, 1.807) is 12.5 Å². The molecule has 0 N–H and O–H groups in total. The van der Waals surface area contributed by atoms with Crippen molar-refractivity contribution in [2.45, 2.75) is 38.5 Å². The first kappa shape index (κ1) is 9.50. The lowest BCUT2D eigenvalue weighted by Crippen LogP contribution is -2.04. The Balaban J connectivity index is 2.01. The summed E-state index contributed by atoms with van der Waals surface area (Å²) in [5, 5.41) is 0. The van der Waals surface area contributed by atoms with Crippen LogP contribution in [-0.4, -0.2) is 6.21 Å². The summed E-state index contributed by atoms with van der Waals surface area (Å²) >= 11 is 0. The van der Waals surface area contributed by atoms with E-state index in [0.717, 1.165) is 5.76 Å². The molecule has 1 fully saturated rings. The Morgan fingerprint density at radius 3 is 2.71 bits per heavy atom. The highest BCUT2D eigenvalue weighted by Gasteiger charge is 2.17. The first-order valence-electron chi connectivity index (χ1n) is 5.52. The fraction of sp³-hybridized carbons (Fsp3) is 0.583. The second-order valence-corrected chi connectivity index (χ2v) is 3.96. The van der Waals surface area contributed by atoms with Crippen LogP contribution >= 0.6 is 0 Å². The highest BCUT2D eigenvalue weighted by molar-refractivity contribution is 5.71. The van der Waals surface area contributed by atoms with Crippen molar-refractivity contribution in [3.63, 3.8) is 0 Å². The van der Waals surface area contributed by atoms with Crippen LogP contribution in [0.1, 0.15) is 38.5 Å². The molecular weight excluding hydrogens is 174 g/mol. The van der Waals surface area contributed by atoms with Gasteiger partial charge in [0.25, 0.3) is 0 Å². The average molecular weight is 191 g/mol. The molecule has 0 spiro atoms. The van der Waals surface area contributed by atoms with Crippen LogP contribution in [0.5, 0.6) is 0 Å². The van der Waals surface area contributed by atoms with Crippen molar-refractivity contribution in [2.24, 2.45) is 10.9 Å². The van der Waals surface area contributed by atoms with E-state index in [1.165, 1.54) is 38.5 Å². The third-order valence-corrected chi connectivity index (χ3v) is 2.91. The van der Waals surface area contributed by atoms with Crippen molar-refractivity contribution < 1.29 is 4.74 Å². The van der Waals surface area contributed by atoms with E-state index in [1.807, 2.05) is 12.3 Å². The van der Waals surface area contributed by atoms with Crippen LogP contribution in [0.2, 0.25) is 0 Å². The zero-order valence-electron chi connectivity index (χ0n) is 8.48. The SMILES string of the molecule is C1=COC(C2CCCCCC2)=CN=C1. The lowest BCUT2D eigenvalue weighted by atomic mass is 9.98. The molecule has 14 heavy (non-hydrogen) atoms. The van der Waals surface area contributed by atoms with Crippen LogP contribution in [0.3, 0.4) is 0 Å². The van der Waals surface area contributed by atoms with Gasteiger partial charge in [0.2, 0.25) is 0 Å². The van der Waals surface area contributed by atoms with Gasteiger partial charge in [-0.1, -0.05) is 25.7 Å². The van der Waals surface area contributed by atoms with E-state index in [4.69, 9.17) is 4.74 Å². The van der Waals surface area contributed by atoms with E-state index in [0.29, 0.717) is 5.92 Å². The molecule has 0 aromatic rings. The minimum atomic E-state index is 0.595. The Kier molecular flexibility index (Phi) is 3.39. The third-order valence-electron chi connectivity index (χ3n) is 2.91. The van der Waals surface area contributed by atoms with E-state index < -0.39 is 0 Å². The minimum Gasteiger partial charge on any atom is -0.467 e. The Morgan fingerprint density at radius 1 is 1.14 bits per heavy atom. The smallest absolute Gasteiger partial charge is 0.124 e. The summed E-state index contributed by atoms with van der Waals surface area (Å²) in [5.41, 5.74) is 0. The first-order valence-corrected chi connectivity index (χ1v) is 5.52. The number of hydrogen-bond acceptors (Lipinski definition) is 2. The van der Waals surface area contributed by atoms with E-state index >= 15 is 0 Å². The van der Waals surface area contributed by atoms with Gasteiger partial charge >= 0.3 is 0 Å². The molecule has 0 bridgehead atoms. The Morgan fingerprint density at radius 2 is 1.93 bits per heavy atom. The summed E-state index contributed by atoms with van der Waals surface area (Å²) in [6.45, 7) is 0. The summed E-state index contributed by atoms with van der Waals surface area (Å²) < 4.78 is 5.55. The summed E-state index contributed by atoms with van der Waals surface area (Å²) in [5.74, 6) is 1.65. The van der Waals surface area contributed by atoms with Gasteiger partial charge in [-0.2, -0.15) is 0 Å². The molecule has 0 aromatic heterocycles. The predicted molar refractivity (Wildman–Crippen MR) is 58.0 cm³/mol. The van der Waals surface area contributed by atoms with Crippen molar-refractivity contribution in [3.05, 3.63) is 24.3 Å². The molecule has 0 saturated heterocycles. The molecule has 76 valence electrons. The second kappa shape index (κ2) is 4.99. The van der Waals surface area contributed by atoms with Crippen LogP contribution in [0, 0.1) is 5.92 Å². The first-order chi connectivity index (χ1) is 6.97. The maximum Gasteiger partial charge on any atom is 0.124 e. The molecule has 1 saturated carbocycles. The normalized spacial score (nSPS) is 23.6. The van der Waals surface area contributed by atoms with Gasteiger partial charge in [0, 0.05) is 12.1 Å². The zero-order valence-corrected chi connectivity index (χ0v) is 8.48. The molecule has 1 heterocycles. The van der Waals surface area contributed by atoms with Crippen LogP contribution in [0.15, 0.2) is 29.3 Å². The molecule has 0 aromatic carbocycles. The molecule has 0 atom stereocenters. The fourth-order valence-electron chi connectivity index (χ4n) is 2.12. The van der Waals surface area contributed by atoms with Crippen molar-refractivity contribution in [3.8, 4) is 0 Å². The number of rotatable bonds is 1. The molecular formula is C12H17NO. The molecule has 1 aliphatic carbocycles. The third kappa shape index (κ3) is 2.47. The number of aliphatic imine (C=N–C) groups is 1. The highest BCUT2D eigenvalue weighted by Crippen LogP contribution is 2.29. The van der Waals surface area contributed by atoms with Crippen LogP contribution in [0.4, 0.5) is 0 Å². The quantitative estimate of drug-likeness (QED) is 0.582. The Bertz CT molecular complexity index is 257. The van der Waals surface area contributed by atoms with E-state index in [9.17, 15) is 0 Å². The molecule has 0 unspecified atom stereocenters. The van der Waals surface area contributed by atoms with Crippen LogP contribution in [-0.2, 0) is 4.74 Å². The minimum absolute atomic E-state index is 0.595. The number of hydrogen-bond donors (Lipinski definition) is 0. The molecule has 1 aliphatic heterocycles. The van der Waals surface area contributed by atoms with Crippen molar-refractivity contribution in [1.82, 2.24) is 0 Å². The van der Waals surface area contributed by atoms with Crippen LogP contribution < -0.4 is 0 Å². The maximum atomic E-state index is 5.55. The molecule has 2 nitrogen and oxygen atoms in total. The van der Waals surface area contributed by atoms with Gasteiger partial charge in [-0.3, -0.25) is 4.99 Å². The lowest BCUT2D eigenvalue weighted by molar-refractivity contribution is 0.274. The van der Waals surface area contributed by atoms with Gasteiger partial charge in [0.05, 0.1) is 12.5 Å². The summed E-state index contributed by atoms with van der Waals surface area (Å²) in [4.78, 5) is 4.16. The molecule has 0 radical (unpaired) electrons. The second-order valence-electron chi connectivity index (χ2n) is 3.96. The Hall–Kier alpha value is -1.05. The maximum absolute atomic E-state index is 5.55. The fourth-order valence-corrected chi connectivity index (χ4v) is 2.12. The molecule has 2 rings (SSSR count). The van der Waals surface area contributed by atoms with Crippen molar-refractivity contribution in [1.29, 1.82) is 0 Å². The van der Waals surface area contributed by atoms with Crippen molar-refractivity contribution in [2.75, 3.05) is 0 Å². The number of allylic oxidation sites excluding steroid dienone is 2. The topological polar surface area (TPSA) is 21.6 Å². The number of nitrogens with zero attached hydrogens (tertiary/aromatic N) is 1. The zero-order chi connectivity index (χ0) is 9.64. The molecule has 0 amide bonds. The van der Waals surface area contributed by atoms with Crippen LogP contribution in [0.25, 0.3) is 0 Å². The van der Waals surface area contributed by atoms with Gasteiger partial charge in [0.15, 0.2) is 0 Å². The van der Waals surface area contributed by atoms with Gasteiger partial charge in [-0.05, 0) is 18.9 Å². The van der Waals surface area contributed by atoms with Crippen molar-refractivity contribution >= 4 is 6.21 Å². The Labute approximate surface area is 85.4 Å². The largest absolute Gasteiger partial charge is 0.467 e. The van der Waals surface area contributed by atoms with Gasteiger partial charge in [0.1, 0.15) is 5.76 Å². The molecule has 2 aliphatic rings. The standard InChI is InChI=1S/C12H17NO/c1-2-4-7-11(6-3-1)12-10-13-8-5-9-14-12/h5,8-11H,1-4,6-7H2. The summed E-state index contributed by atoms with van der Waals surface area (Å²) in [7, 11) is 0. The lowest BCUT2D eigenvalue weighted by Gasteiger charge is -2.15. The van der Waals surface area contributed by atoms with Gasteiger partial charge in [-0.15, -0.1) is 0 Å². The predicted octanol–water partition coefficient (Wildman–Crippen LogP) is 3.41. The summed E-state index contributed by atoms with van der Waals surface area (Å²) in [6.07, 6.45) is 15.1. The van der Waals surface area contributed by atoms with E-state index in [2.05, 4.69) is 4.99 Å². The molecule has 2 heteroatoms. The van der Waals surface area contributed by atoms with Gasteiger partial charge < -0.3 is 4.74 Å².